The number of rotatable bonds is 4. The smallest absolute Gasteiger partial charge is 0.255 e. The highest BCUT2D eigenvalue weighted by Gasteiger charge is 2.14. The molecule has 1 atom stereocenters. The molecule has 0 fully saturated rings. The Labute approximate surface area is 127 Å². The maximum Gasteiger partial charge on any atom is 0.255 e. The number of carbonyl (C=O) groups excluding carboxylic acids is 1. The Kier molecular flexibility index (Phi) is 3.88. The van der Waals surface area contributed by atoms with Gasteiger partial charge in [0.15, 0.2) is 0 Å². The van der Waals surface area contributed by atoms with Gasteiger partial charge >= 0.3 is 0 Å². The van der Waals surface area contributed by atoms with E-state index in [2.05, 4.69) is 10.4 Å². The molecule has 0 spiro atoms. The van der Waals surface area contributed by atoms with Crippen molar-refractivity contribution in [2.45, 2.75) is 5.38 Å². The maximum atomic E-state index is 12.2. The number of carbonyl (C=O) groups is 1. The molecular formula is C16H14ClN3O. The quantitative estimate of drug-likeness (QED) is 0.753. The van der Waals surface area contributed by atoms with E-state index in [0.29, 0.717) is 12.1 Å². The Balaban J connectivity index is 1.70. The zero-order valence-electron chi connectivity index (χ0n) is 11.2. The molecular weight excluding hydrogens is 286 g/mol. The van der Waals surface area contributed by atoms with Gasteiger partial charge in [-0.2, -0.15) is 5.10 Å². The van der Waals surface area contributed by atoms with Crippen molar-refractivity contribution in [3.63, 3.8) is 0 Å². The van der Waals surface area contributed by atoms with Crippen molar-refractivity contribution in [2.24, 2.45) is 0 Å². The summed E-state index contributed by atoms with van der Waals surface area (Å²) in [6.45, 7) is 0.370. The lowest BCUT2D eigenvalue weighted by Crippen LogP contribution is -2.26. The van der Waals surface area contributed by atoms with Crippen LogP contribution in [0.4, 0.5) is 0 Å². The standard InChI is InChI=1S/C16H14ClN3O/c17-14(12-6-2-1-3-7-12)11-18-16(21)13-10-19-20-9-5-4-8-15(13)20/h1-10,14H,11H2,(H,18,21). The number of benzene rings is 1. The summed E-state index contributed by atoms with van der Waals surface area (Å²) in [6, 6.07) is 15.3. The largest absolute Gasteiger partial charge is 0.350 e. The molecule has 2 heterocycles. The van der Waals surface area contributed by atoms with Crippen LogP contribution in [0, 0.1) is 0 Å². The number of hydrogen-bond donors (Lipinski definition) is 1. The van der Waals surface area contributed by atoms with Gasteiger partial charge in [-0.05, 0) is 17.7 Å². The summed E-state index contributed by atoms with van der Waals surface area (Å²) in [5.74, 6) is -0.169. The molecule has 0 saturated carbocycles. The van der Waals surface area contributed by atoms with E-state index in [9.17, 15) is 4.79 Å². The van der Waals surface area contributed by atoms with Gasteiger partial charge in [-0.1, -0.05) is 36.4 Å². The zero-order chi connectivity index (χ0) is 14.7. The molecule has 4 nitrogen and oxygen atoms in total. The Morgan fingerprint density at radius 2 is 1.95 bits per heavy atom. The van der Waals surface area contributed by atoms with E-state index < -0.39 is 0 Å². The van der Waals surface area contributed by atoms with Gasteiger partial charge in [-0.15, -0.1) is 11.6 Å². The summed E-state index contributed by atoms with van der Waals surface area (Å²) in [7, 11) is 0. The van der Waals surface area contributed by atoms with Crippen LogP contribution in [-0.2, 0) is 0 Å². The monoisotopic (exact) mass is 299 g/mol. The third kappa shape index (κ3) is 2.90. The minimum Gasteiger partial charge on any atom is -0.350 e. The van der Waals surface area contributed by atoms with Crippen LogP contribution in [-0.4, -0.2) is 22.1 Å². The fourth-order valence-corrected chi connectivity index (χ4v) is 2.39. The van der Waals surface area contributed by atoms with Crippen LogP contribution in [0.25, 0.3) is 5.52 Å². The Morgan fingerprint density at radius 1 is 1.19 bits per heavy atom. The van der Waals surface area contributed by atoms with E-state index in [4.69, 9.17) is 11.6 Å². The molecule has 1 amide bonds. The second-order valence-corrected chi connectivity index (χ2v) is 5.20. The van der Waals surface area contributed by atoms with Crippen molar-refractivity contribution in [2.75, 3.05) is 6.54 Å². The molecule has 3 aromatic rings. The summed E-state index contributed by atoms with van der Waals surface area (Å²) in [5.41, 5.74) is 2.31. The third-order valence-corrected chi connectivity index (χ3v) is 3.68. The second kappa shape index (κ2) is 5.97. The number of aromatic nitrogens is 2. The van der Waals surface area contributed by atoms with Gasteiger partial charge in [0.1, 0.15) is 0 Å². The first-order chi connectivity index (χ1) is 10.3. The van der Waals surface area contributed by atoms with Crippen molar-refractivity contribution in [3.8, 4) is 0 Å². The van der Waals surface area contributed by atoms with Gasteiger partial charge in [0, 0.05) is 12.7 Å². The highest BCUT2D eigenvalue weighted by molar-refractivity contribution is 6.21. The summed E-state index contributed by atoms with van der Waals surface area (Å²) in [5, 5.41) is 6.75. The minimum atomic E-state index is -0.253. The van der Waals surface area contributed by atoms with E-state index >= 15 is 0 Å². The lowest BCUT2D eigenvalue weighted by molar-refractivity contribution is 0.0955. The third-order valence-electron chi connectivity index (χ3n) is 3.27. The molecule has 0 saturated heterocycles. The summed E-state index contributed by atoms with van der Waals surface area (Å²) in [6.07, 6.45) is 3.37. The molecule has 2 aromatic heterocycles. The first kappa shape index (κ1) is 13.6. The van der Waals surface area contributed by atoms with Crippen molar-refractivity contribution in [1.29, 1.82) is 0 Å². The summed E-state index contributed by atoms with van der Waals surface area (Å²) < 4.78 is 1.67. The van der Waals surface area contributed by atoms with Crippen LogP contribution in [0.5, 0.6) is 0 Å². The average Bonchev–Trinajstić information content (AvgIpc) is 2.97. The lowest BCUT2D eigenvalue weighted by Gasteiger charge is -2.10. The first-order valence-corrected chi connectivity index (χ1v) is 7.09. The number of halogens is 1. The second-order valence-electron chi connectivity index (χ2n) is 4.68. The fraction of sp³-hybridized carbons (Fsp3) is 0.125. The van der Waals surface area contributed by atoms with Crippen molar-refractivity contribution in [1.82, 2.24) is 14.9 Å². The Morgan fingerprint density at radius 3 is 2.76 bits per heavy atom. The van der Waals surface area contributed by atoms with Gasteiger partial charge in [-0.25, -0.2) is 4.52 Å². The molecule has 21 heavy (non-hydrogen) atoms. The van der Waals surface area contributed by atoms with Crippen molar-refractivity contribution >= 4 is 23.0 Å². The SMILES string of the molecule is O=C(NCC(Cl)c1ccccc1)c1cnn2ccccc12. The number of fused-ring (bicyclic) bond motifs is 1. The number of nitrogens with one attached hydrogen (secondary N) is 1. The summed E-state index contributed by atoms with van der Waals surface area (Å²) in [4.78, 5) is 12.2. The molecule has 3 rings (SSSR count). The van der Waals surface area contributed by atoms with Crippen LogP contribution < -0.4 is 5.32 Å². The highest BCUT2D eigenvalue weighted by Crippen LogP contribution is 2.19. The van der Waals surface area contributed by atoms with E-state index in [1.165, 1.54) is 0 Å². The number of hydrogen-bond acceptors (Lipinski definition) is 2. The van der Waals surface area contributed by atoms with Gasteiger partial charge < -0.3 is 5.32 Å². The van der Waals surface area contributed by atoms with Gasteiger partial charge in [0.2, 0.25) is 0 Å². The van der Waals surface area contributed by atoms with E-state index in [1.807, 2.05) is 48.5 Å². The van der Waals surface area contributed by atoms with Crippen LogP contribution >= 0.6 is 11.6 Å². The topological polar surface area (TPSA) is 46.4 Å². The van der Waals surface area contributed by atoms with E-state index in [0.717, 1.165) is 11.1 Å². The predicted octanol–water partition coefficient (Wildman–Crippen LogP) is 3.04. The fourth-order valence-electron chi connectivity index (χ4n) is 2.17. The number of amides is 1. The van der Waals surface area contributed by atoms with E-state index in [1.54, 1.807) is 16.9 Å². The average molecular weight is 300 g/mol. The van der Waals surface area contributed by atoms with Crippen LogP contribution in [0.3, 0.4) is 0 Å². The predicted molar refractivity (Wildman–Crippen MR) is 82.6 cm³/mol. The molecule has 1 unspecified atom stereocenters. The van der Waals surface area contributed by atoms with Crippen LogP contribution in [0.15, 0.2) is 60.9 Å². The van der Waals surface area contributed by atoms with E-state index in [-0.39, 0.29) is 11.3 Å². The lowest BCUT2D eigenvalue weighted by atomic mass is 10.1. The molecule has 1 aromatic carbocycles. The van der Waals surface area contributed by atoms with Crippen LogP contribution in [0.1, 0.15) is 21.3 Å². The molecule has 0 aliphatic rings. The Hall–Kier alpha value is -2.33. The van der Waals surface area contributed by atoms with Gasteiger partial charge in [-0.3, -0.25) is 4.79 Å². The number of nitrogens with zero attached hydrogens (tertiary/aromatic N) is 2. The number of alkyl halides is 1. The zero-order valence-corrected chi connectivity index (χ0v) is 12.0. The minimum absolute atomic E-state index is 0.169. The van der Waals surface area contributed by atoms with Crippen molar-refractivity contribution in [3.05, 3.63) is 72.1 Å². The summed E-state index contributed by atoms with van der Waals surface area (Å²) >= 11 is 6.29. The molecule has 0 aliphatic carbocycles. The molecule has 1 N–H and O–H groups in total. The normalized spacial score (nSPS) is 12.2. The molecule has 106 valence electrons. The van der Waals surface area contributed by atoms with Crippen LogP contribution in [0.2, 0.25) is 0 Å². The maximum absolute atomic E-state index is 12.2. The van der Waals surface area contributed by atoms with Crippen molar-refractivity contribution < 1.29 is 4.79 Å². The van der Waals surface area contributed by atoms with Gasteiger partial charge in [0.25, 0.3) is 5.91 Å². The Bertz CT molecular complexity index is 754. The first-order valence-electron chi connectivity index (χ1n) is 6.65. The molecule has 0 aliphatic heterocycles. The molecule has 0 radical (unpaired) electrons. The van der Waals surface area contributed by atoms with Gasteiger partial charge in [0.05, 0.1) is 22.7 Å². The number of pyridine rings is 1. The molecule has 5 heteroatoms. The molecule has 0 bridgehead atoms. The highest BCUT2D eigenvalue weighted by atomic mass is 35.5.